The van der Waals surface area contributed by atoms with Gasteiger partial charge in [-0.05, 0) is 25.3 Å². The molecule has 1 amide bonds. The molecular formula is C20H19F2N3O5. The number of halogens is 2. The predicted octanol–water partition coefficient (Wildman–Crippen LogP) is 2.25. The molecular weight excluding hydrogens is 400 g/mol. The van der Waals surface area contributed by atoms with Crippen molar-refractivity contribution in [3.63, 3.8) is 0 Å². The zero-order valence-corrected chi connectivity index (χ0v) is 16.1. The molecule has 0 spiro atoms. The third-order valence-corrected chi connectivity index (χ3v) is 6.35. The highest BCUT2D eigenvalue weighted by Gasteiger charge is 2.61. The van der Waals surface area contributed by atoms with E-state index in [4.69, 9.17) is 0 Å². The van der Waals surface area contributed by atoms with E-state index in [0.29, 0.717) is 13.0 Å². The normalized spacial score (nSPS) is 24.6. The van der Waals surface area contributed by atoms with Crippen LogP contribution in [-0.4, -0.2) is 47.5 Å². The maximum absolute atomic E-state index is 15.6. The number of fused-ring (bicyclic) bond motifs is 2. The Bertz CT molecular complexity index is 1180. The van der Waals surface area contributed by atoms with Crippen molar-refractivity contribution in [2.45, 2.75) is 30.8 Å². The minimum Gasteiger partial charge on any atom is -0.477 e. The molecule has 2 atom stereocenters. The molecule has 1 aromatic carbocycles. The number of rotatable bonds is 4. The standard InChI is InChI=1S/C20H19F2N3O5/c1-30-19(29)23-20-5-9(20)6-24(8-20)16-13(21)4-11-15(14(16)22)25(10-2-3-10)7-12(17(11)26)18(27)28/h4,7,9-10H,2-3,5-6,8H2,1H3,(H,23,29)(H,27,28). The average molecular weight is 419 g/mol. The molecule has 1 saturated heterocycles. The maximum atomic E-state index is 15.6. The molecule has 8 nitrogen and oxygen atoms in total. The SMILES string of the molecule is COC(=O)NC12CC1CN(c1c(F)cc3c(=O)c(C(=O)O)cn(C4CC4)c3c1F)C2. The van der Waals surface area contributed by atoms with Gasteiger partial charge in [-0.25, -0.2) is 18.4 Å². The van der Waals surface area contributed by atoms with Gasteiger partial charge in [0.2, 0.25) is 5.43 Å². The highest BCUT2D eigenvalue weighted by molar-refractivity contribution is 5.94. The molecule has 2 aliphatic carbocycles. The third-order valence-electron chi connectivity index (χ3n) is 6.35. The maximum Gasteiger partial charge on any atom is 0.407 e. The summed E-state index contributed by atoms with van der Waals surface area (Å²) in [6, 6.07) is 0.796. The van der Waals surface area contributed by atoms with E-state index in [1.807, 2.05) is 0 Å². The summed E-state index contributed by atoms with van der Waals surface area (Å²) in [5.74, 6) is -3.21. The van der Waals surface area contributed by atoms with Crippen molar-refractivity contribution in [1.82, 2.24) is 9.88 Å². The zero-order chi connectivity index (χ0) is 21.4. The minimum atomic E-state index is -1.43. The monoisotopic (exact) mass is 419 g/mol. The van der Waals surface area contributed by atoms with Crippen molar-refractivity contribution >= 4 is 28.7 Å². The second-order valence-corrected chi connectivity index (χ2v) is 8.29. The van der Waals surface area contributed by atoms with Gasteiger partial charge in [0, 0.05) is 31.2 Å². The van der Waals surface area contributed by atoms with Gasteiger partial charge < -0.3 is 24.6 Å². The van der Waals surface area contributed by atoms with E-state index in [-0.39, 0.29) is 35.1 Å². The Hall–Kier alpha value is -3.17. The summed E-state index contributed by atoms with van der Waals surface area (Å²) < 4.78 is 36.7. The molecule has 1 aliphatic heterocycles. The van der Waals surface area contributed by atoms with Crippen LogP contribution in [0.4, 0.5) is 19.3 Å². The quantitative estimate of drug-likeness (QED) is 0.789. The van der Waals surface area contributed by atoms with Crippen LogP contribution in [0.2, 0.25) is 0 Å². The van der Waals surface area contributed by atoms with Crippen LogP contribution in [0.15, 0.2) is 17.1 Å². The van der Waals surface area contributed by atoms with Gasteiger partial charge >= 0.3 is 12.1 Å². The van der Waals surface area contributed by atoms with Crippen LogP contribution in [0.25, 0.3) is 10.9 Å². The number of anilines is 1. The summed E-state index contributed by atoms with van der Waals surface area (Å²) >= 11 is 0. The number of piperidine rings is 1. The average Bonchev–Trinajstić information content (AvgIpc) is 3.60. The van der Waals surface area contributed by atoms with Crippen molar-refractivity contribution in [3.05, 3.63) is 39.7 Å². The van der Waals surface area contributed by atoms with Gasteiger partial charge in [-0.3, -0.25) is 4.79 Å². The lowest BCUT2D eigenvalue weighted by Crippen LogP contribution is -2.42. The Kier molecular flexibility index (Phi) is 3.87. The number of carbonyl (C=O) groups excluding carboxylic acids is 1. The highest BCUT2D eigenvalue weighted by Crippen LogP contribution is 2.51. The highest BCUT2D eigenvalue weighted by atomic mass is 19.1. The van der Waals surface area contributed by atoms with Gasteiger partial charge in [0.15, 0.2) is 5.82 Å². The van der Waals surface area contributed by atoms with E-state index in [9.17, 15) is 23.9 Å². The van der Waals surface area contributed by atoms with Crippen LogP contribution in [0.3, 0.4) is 0 Å². The van der Waals surface area contributed by atoms with Crippen LogP contribution in [-0.2, 0) is 4.74 Å². The summed E-state index contributed by atoms with van der Waals surface area (Å²) in [6.45, 7) is 0.567. The Morgan fingerprint density at radius 2 is 2.07 bits per heavy atom. The molecule has 1 aromatic heterocycles. The lowest BCUT2D eigenvalue weighted by molar-refractivity contribution is 0.0694. The molecule has 3 fully saturated rings. The van der Waals surface area contributed by atoms with E-state index in [1.54, 1.807) is 0 Å². The summed E-state index contributed by atoms with van der Waals surface area (Å²) in [6.07, 6.45) is 2.70. The number of alkyl carbamates (subject to hydrolysis) is 1. The summed E-state index contributed by atoms with van der Waals surface area (Å²) in [4.78, 5) is 37.2. The van der Waals surface area contributed by atoms with Crippen LogP contribution < -0.4 is 15.6 Å². The Morgan fingerprint density at radius 1 is 1.33 bits per heavy atom. The van der Waals surface area contributed by atoms with Gasteiger partial charge in [0.05, 0.1) is 23.6 Å². The van der Waals surface area contributed by atoms with Crippen molar-refractivity contribution in [3.8, 4) is 0 Å². The predicted molar refractivity (Wildman–Crippen MR) is 102 cm³/mol. The molecule has 2 unspecified atom stereocenters. The van der Waals surface area contributed by atoms with Crippen LogP contribution in [0, 0.1) is 17.6 Å². The Morgan fingerprint density at radius 3 is 2.70 bits per heavy atom. The van der Waals surface area contributed by atoms with Crippen LogP contribution >= 0.6 is 0 Å². The molecule has 2 N–H and O–H groups in total. The zero-order valence-electron chi connectivity index (χ0n) is 16.1. The number of amides is 1. The molecule has 5 rings (SSSR count). The Balaban J connectivity index is 1.62. The summed E-state index contributed by atoms with van der Waals surface area (Å²) in [7, 11) is 1.25. The lowest BCUT2D eigenvalue weighted by Gasteiger charge is -2.25. The topological polar surface area (TPSA) is 101 Å². The first kappa shape index (κ1) is 18.8. The first-order chi connectivity index (χ1) is 14.3. The van der Waals surface area contributed by atoms with Crippen LogP contribution in [0.1, 0.15) is 35.7 Å². The molecule has 3 aliphatic rings. The third kappa shape index (κ3) is 2.66. The lowest BCUT2D eigenvalue weighted by atomic mass is 10.1. The van der Waals surface area contributed by atoms with E-state index in [1.165, 1.54) is 16.6 Å². The summed E-state index contributed by atoms with van der Waals surface area (Å²) in [5.41, 5.74) is -2.35. The number of aromatic carboxylic acids is 1. The van der Waals surface area contributed by atoms with Gasteiger partial charge in [-0.15, -0.1) is 0 Å². The number of aromatic nitrogens is 1. The largest absolute Gasteiger partial charge is 0.477 e. The first-order valence-corrected chi connectivity index (χ1v) is 9.67. The second kappa shape index (κ2) is 6.16. The number of nitrogens with zero attached hydrogens (tertiary/aromatic N) is 2. The van der Waals surface area contributed by atoms with Gasteiger partial charge in [0.1, 0.15) is 17.1 Å². The van der Waals surface area contributed by atoms with E-state index >= 15 is 4.39 Å². The van der Waals surface area contributed by atoms with E-state index in [0.717, 1.165) is 25.1 Å². The smallest absolute Gasteiger partial charge is 0.407 e. The molecule has 10 heteroatoms. The first-order valence-electron chi connectivity index (χ1n) is 9.67. The van der Waals surface area contributed by atoms with Crippen molar-refractivity contribution in [1.29, 1.82) is 0 Å². The fourth-order valence-corrected chi connectivity index (χ4v) is 4.62. The van der Waals surface area contributed by atoms with Crippen molar-refractivity contribution in [2.24, 2.45) is 5.92 Å². The molecule has 0 radical (unpaired) electrons. The Labute approximate surface area is 169 Å². The summed E-state index contributed by atoms with van der Waals surface area (Å²) in [5, 5.41) is 11.8. The number of methoxy groups -OCH3 is 1. The molecule has 0 bridgehead atoms. The molecule has 2 aromatic rings. The van der Waals surface area contributed by atoms with Crippen LogP contribution in [0.5, 0.6) is 0 Å². The molecule has 2 heterocycles. The number of hydrogen-bond acceptors (Lipinski definition) is 5. The van der Waals surface area contributed by atoms with E-state index < -0.39 is 40.2 Å². The van der Waals surface area contributed by atoms with Gasteiger partial charge in [-0.1, -0.05) is 0 Å². The van der Waals surface area contributed by atoms with E-state index in [2.05, 4.69) is 10.1 Å². The minimum absolute atomic E-state index is 0.0473. The number of benzene rings is 1. The molecule has 30 heavy (non-hydrogen) atoms. The number of pyridine rings is 1. The number of hydrogen-bond donors (Lipinski definition) is 2. The van der Waals surface area contributed by atoms with Crippen molar-refractivity contribution < 1.29 is 28.2 Å². The number of nitrogens with one attached hydrogen (secondary N) is 1. The molecule has 2 saturated carbocycles. The molecule has 158 valence electrons. The fraction of sp³-hybridized carbons (Fsp3) is 0.450. The number of carboxylic acid groups (broad SMARTS) is 1. The second-order valence-electron chi connectivity index (χ2n) is 8.29. The number of carbonyl (C=O) groups is 2. The number of ether oxygens (including phenoxy) is 1. The van der Waals surface area contributed by atoms with Crippen molar-refractivity contribution in [2.75, 3.05) is 25.1 Å². The van der Waals surface area contributed by atoms with Gasteiger partial charge in [0.25, 0.3) is 0 Å². The number of carboxylic acids is 1. The fourth-order valence-electron chi connectivity index (χ4n) is 4.62. The van der Waals surface area contributed by atoms with Gasteiger partial charge in [-0.2, -0.15) is 0 Å².